The summed E-state index contributed by atoms with van der Waals surface area (Å²) in [6.45, 7) is 0.878. The third kappa shape index (κ3) is 4.84. The molecule has 0 aliphatic carbocycles. The normalized spacial score (nSPS) is 9.83. The van der Waals surface area contributed by atoms with Gasteiger partial charge in [0.1, 0.15) is 5.75 Å². The summed E-state index contributed by atoms with van der Waals surface area (Å²) in [4.78, 5) is 21.6. The molecule has 0 heterocycles. The lowest BCUT2D eigenvalue weighted by Crippen LogP contribution is -2.35. The minimum Gasteiger partial charge on any atom is -0.493 e. The first-order valence-corrected chi connectivity index (χ1v) is 5.58. The van der Waals surface area contributed by atoms with Crippen LogP contribution in [0.4, 0.5) is 4.79 Å². The van der Waals surface area contributed by atoms with Gasteiger partial charge in [0, 0.05) is 12.1 Å². The molecular weight excluding hydrogens is 234 g/mol. The van der Waals surface area contributed by atoms with Crippen LogP contribution in [-0.2, 0) is 11.3 Å². The second-order valence-corrected chi connectivity index (χ2v) is 3.65. The fourth-order valence-corrected chi connectivity index (χ4v) is 1.43. The predicted octanol–water partition coefficient (Wildman–Crippen LogP) is 0.370. The summed E-state index contributed by atoms with van der Waals surface area (Å²) in [7, 11) is 1.84. The van der Waals surface area contributed by atoms with E-state index in [4.69, 9.17) is 10.5 Å². The van der Waals surface area contributed by atoms with E-state index < -0.39 is 11.9 Å². The monoisotopic (exact) mass is 251 g/mol. The van der Waals surface area contributed by atoms with Crippen LogP contribution in [0.1, 0.15) is 12.0 Å². The fraction of sp³-hybridized carbons (Fsp3) is 0.333. The first kappa shape index (κ1) is 14.0. The molecule has 0 aliphatic rings. The second kappa shape index (κ2) is 7.29. The maximum absolute atomic E-state index is 11.2. The Morgan fingerprint density at radius 1 is 1.33 bits per heavy atom. The molecule has 6 heteroatoms. The van der Waals surface area contributed by atoms with E-state index in [0.717, 1.165) is 11.3 Å². The summed E-state index contributed by atoms with van der Waals surface area (Å²) in [6, 6.07) is 6.70. The molecule has 0 spiro atoms. The van der Waals surface area contributed by atoms with Gasteiger partial charge in [-0.3, -0.25) is 10.1 Å². The third-order valence-electron chi connectivity index (χ3n) is 2.19. The van der Waals surface area contributed by atoms with Crippen LogP contribution in [-0.4, -0.2) is 25.6 Å². The molecule has 1 aromatic rings. The Morgan fingerprint density at radius 2 is 2.06 bits per heavy atom. The van der Waals surface area contributed by atoms with Crippen molar-refractivity contribution in [2.24, 2.45) is 5.73 Å². The number of primary amides is 1. The van der Waals surface area contributed by atoms with E-state index in [1.807, 2.05) is 36.6 Å². The van der Waals surface area contributed by atoms with Gasteiger partial charge in [-0.15, -0.1) is 0 Å². The van der Waals surface area contributed by atoms with E-state index >= 15 is 0 Å². The largest absolute Gasteiger partial charge is 0.493 e. The highest BCUT2D eigenvalue weighted by Gasteiger charge is 2.06. The smallest absolute Gasteiger partial charge is 0.318 e. The lowest BCUT2D eigenvalue weighted by Gasteiger charge is -2.10. The minimum absolute atomic E-state index is 0.0802. The molecule has 98 valence electrons. The number of benzene rings is 1. The van der Waals surface area contributed by atoms with Gasteiger partial charge in [-0.05, 0) is 13.1 Å². The molecule has 0 saturated heterocycles. The molecule has 0 atom stereocenters. The summed E-state index contributed by atoms with van der Waals surface area (Å²) < 4.78 is 5.49. The van der Waals surface area contributed by atoms with Gasteiger partial charge in [-0.2, -0.15) is 0 Å². The van der Waals surface area contributed by atoms with Crippen LogP contribution in [0.2, 0.25) is 0 Å². The van der Waals surface area contributed by atoms with Crippen LogP contribution in [0, 0.1) is 0 Å². The van der Waals surface area contributed by atoms with Gasteiger partial charge < -0.3 is 15.8 Å². The molecule has 18 heavy (non-hydrogen) atoms. The number of hydrogen-bond acceptors (Lipinski definition) is 4. The number of rotatable bonds is 6. The van der Waals surface area contributed by atoms with Crippen molar-refractivity contribution in [2.75, 3.05) is 13.7 Å². The highest BCUT2D eigenvalue weighted by molar-refractivity contribution is 5.93. The molecule has 0 fully saturated rings. The highest BCUT2D eigenvalue weighted by Crippen LogP contribution is 2.17. The summed E-state index contributed by atoms with van der Waals surface area (Å²) >= 11 is 0. The number of urea groups is 1. The van der Waals surface area contributed by atoms with E-state index in [2.05, 4.69) is 5.32 Å². The Morgan fingerprint density at radius 3 is 2.72 bits per heavy atom. The average Bonchev–Trinajstić information content (AvgIpc) is 2.30. The number of hydrogen-bond donors (Lipinski definition) is 3. The molecule has 0 unspecified atom stereocenters. The van der Waals surface area contributed by atoms with Gasteiger partial charge in [0.25, 0.3) is 0 Å². The van der Waals surface area contributed by atoms with E-state index in [1.165, 1.54) is 0 Å². The molecule has 6 nitrogen and oxygen atoms in total. The Balaban J connectivity index is 2.43. The fourth-order valence-electron chi connectivity index (χ4n) is 1.43. The molecule has 0 aliphatic heterocycles. The van der Waals surface area contributed by atoms with Gasteiger partial charge >= 0.3 is 6.03 Å². The van der Waals surface area contributed by atoms with Crippen LogP contribution in [0.3, 0.4) is 0 Å². The van der Waals surface area contributed by atoms with Crippen molar-refractivity contribution in [3.63, 3.8) is 0 Å². The molecule has 1 rings (SSSR count). The van der Waals surface area contributed by atoms with Crippen molar-refractivity contribution in [2.45, 2.75) is 13.0 Å². The minimum atomic E-state index is -0.851. The topological polar surface area (TPSA) is 93.4 Å². The van der Waals surface area contributed by atoms with E-state index in [0.29, 0.717) is 6.54 Å². The summed E-state index contributed by atoms with van der Waals surface area (Å²) in [5, 5.41) is 5.01. The number of nitrogens with one attached hydrogen (secondary N) is 2. The first-order chi connectivity index (χ1) is 8.63. The zero-order chi connectivity index (χ0) is 13.4. The quantitative estimate of drug-likeness (QED) is 0.681. The van der Waals surface area contributed by atoms with Crippen molar-refractivity contribution in [3.8, 4) is 5.75 Å². The highest BCUT2D eigenvalue weighted by atomic mass is 16.5. The summed E-state index contributed by atoms with van der Waals surface area (Å²) in [5.74, 6) is 0.271. The maximum atomic E-state index is 11.2. The van der Waals surface area contributed by atoms with Crippen LogP contribution < -0.4 is 21.1 Å². The molecule has 3 amide bonds. The molecule has 1 aromatic carbocycles. The van der Waals surface area contributed by atoms with Gasteiger partial charge in [0.2, 0.25) is 5.91 Å². The zero-order valence-electron chi connectivity index (χ0n) is 10.2. The van der Waals surface area contributed by atoms with Crippen molar-refractivity contribution < 1.29 is 14.3 Å². The van der Waals surface area contributed by atoms with E-state index in [9.17, 15) is 9.59 Å². The van der Waals surface area contributed by atoms with Crippen molar-refractivity contribution >= 4 is 11.9 Å². The first-order valence-electron chi connectivity index (χ1n) is 5.58. The molecule has 0 bridgehead atoms. The van der Waals surface area contributed by atoms with Gasteiger partial charge in [-0.1, -0.05) is 18.2 Å². The van der Waals surface area contributed by atoms with Gasteiger partial charge in [0.05, 0.1) is 13.0 Å². The summed E-state index contributed by atoms with van der Waals surface area (Å²) in [6.07, 6.45) is 0.0802. The maximum Gasteiger partial charge on any atom is 0.318 e. The molecular formula is C12H17N3O3. The lowest BCUT2D eigenvalue weighted by molar-refractivity contribution is -0.120. The number of carbonyl (C=O) groups excluding carboxylic acids is 2. The number of imide groups is 1. The second-order valence-electron chi connectivity index (χ2n) is 3.65. The average molecular weight is 251 g/mol. The number of amides is 3. The van der Waals surface area contributed by atoms with Crippen molar-refractivity contribution in [1.82, 2.24) is 10.6 Å². The predicted molar refractivity (Wildman–Crippen MR) is 67.0 cm³/mol. The Labute approximate surface area is 105 Å². The molecule has 4 N–H and O–H groups in total. The van der Waals surface area contributed by atoms with Gasteiger partial charge in [0.15, 0.2) is 0 Å². The third-order valence-corrected chi connectivity index (χ3v) is 2.19. The SMILES string of the molecule is CNCc1ccccc1OCCC(=O)NC(N)=O. The van der Waals surface area contributed by atoms with Crippen molar-refractivity contribution in [3.05, 3.63) is 29.8 Å². The molecule has 0 radical (unpaired) electrons. The number of carbonyl (C=O) groups is 2. The van der Waals surface area contributed by atoms with Crippen LogP contribution >= 0.6 is 0 Å². The number of nitrogens with two attached hydrogens (primary N) is 1. The van der Waals surface area contributed by atoms with Crippen LogP contribution in [0.5, 0.6) is 5.75 Å². The standard InChI is InChI=1S/C12H17N3O3/c1-14-8-9-4-2-3-5-10(9)18-7-6-11(16)15-12(13)17/h2-5,14H,6-8H2,1H3,(H3,13,15,16,17). The van der Waals surface area contributed by atoms with Crippen molar-refractivity contribution in [1.29, 1.82) is 0 Å². The molecule has 0 aromatic heterocycles. The Bertz CT molecular complexity index is 421. The Kier molecular flexibility index (Phi) is 5.66. The molecule has 0 saturated carbocycles. The van der Waals surface area contributed by atoms with E-state index in [-0.39, 0.29) is 13.0 Å². The summed E-state index contributed by atoms with van der Waals surface area (Å²) in [5.41, 5.74) is 5.83. The number of ether oxygens (including phenoxy) is 1. The Hall–Kier alpha value is -2.08. The van der Waals surface area contributed by atoms with Crippen LogP contribution in [0.25, 0.3) is 0 Å². The lowest BCUT2D eigenvalue weighted by atomic mass is 10.2. The zero-order valence-corrected chi connectivity index (χ0v) is 10.2. The number of para-hydroxylation sites is 1. The van der Waals surface area contributed by atoms with Gasteiger partial charge in [-0.25, -0.2) is 4.79 Å². The van der Waals surface area contributed by atoms with E-state index in [1.54, 1.807) is 0 Å². The van der Waals surface area contributed by atoms with Crippen LogP contribution in [0.15, 0.2) is 24.3 Å².